The molecule has 1 aromatic heterocycles. The lowest BCUT2D eigenvalue weighted by atomic mass is 9.91. The van der Waals surface area contributed by atoms with Crippen LogP contribution in [0.15, 0.2) is 35.4 Å². The van der Waals surface area contributed by atoms with Crippen molar-refractivity contribution in [3.63, 3.8) is 0 Å². The van der Waals surface area contributed by atoms with Gasteiger partial charge < -0.3 is 15.5 Å². The molecule has 3 rings (SSSR count). The molecule has 1 heterocycles. The number of amides is 1. The van der Waals surface area contributed by atoms with E-state index < -0.39 is 38.1 Å². The molecule has 2 aromatic rings. The van der Waals surface area contributed by atoms with E-state index in [2.05, 4.69) is 20.6 Å². The number of aryl methyl sites for hydroxylation is 1. The molecule has 0 bridgehead atoms. The fraction of sp³-hybridized carbons (Fsp3) is 0.500. The lowest BCUT2D eigenvalue weighted by molar-refractivity contribution is -0.140. The van der Waals surface area contributed by atoms with Gasteiger partial charge in [0.1, 0.15) is 11.6 Å². The molecule has 2 N–H and O–H groups in total. The van der Waals surface area contributed by atoms with Gasteiger partial charge in [-0.05, 0) is 44.7 Å². The molecule has 186 valence electrons. The van der Waals surface area contributed by atoms with E-state index in [-0.39, 0.29) is 12.1 Å². The predicted molar refractivity (Wildman–Crippen MR) is 122 cm³/mol. The van der Waals surface area contributed by atoms with Crippen LogP contribution in [0.4, 0.5) is 24.9 Å². The summed E-state index contributed by atoms with van der Waals surface area (Å²) in [7, 11) is -0.660. The zero-order valence-corrected chi connectivity index (χ0v) is 20.0. The van der Waals surface area contributed by atoms with Crippen LogP contribution in [-0.4, -0.2) is 56.2 Å². The quantitative estimate of drug-likeness (QED) is 0.603. The Kier molecular flexibility index (Phi) is 7.69. The van der Waals surface area contributed by atoms with E-state index in [1.165, 1.54) is 6.07 Å². The van der Waals surface area contributed by atoms with Crippen molar-refractivity contribution >= 4 is 27.5 Å². The first kappa shape index (κ1) is 25.7. The Hall–Kier alpha value is -2.89. The van der Waals surface area contributed by atoms with Crippen LogP contribution in [0, 0.1) is 6.92 Å². The van der Waals surface area contributed by atoms with Gasteiger partial charge in [-0.2, -0.15) is 18.2 Å². The van der Waals surface area contributed by atoms with Crippen LogP contribution in [0.25, 0.3) is 0 Å². The number of nitrogens with one attached hydrogen (secondary N) is 2. The van der Waals surface area contributed by atoms with Gasteiger partial charge >= 0.3 is 6.18 Å². The Morgan fingerprint density at radius 1 is 1.12 bits per heavy atom. The third-order valence-electron chi connectivity index (χ3n) is 5.64. The first-order valence-corrected chi connectivity index (χ1v) is 12.5. The van der Waals surface area contributed by atoms with Gasteiger partial charge in [-0.3, -0.25) is 4.79 Å². The van der Waals surface area contributed by atoms with Gasteiger partial charge in [0.25, 0.3) is 0 Å². The summed E-state index contributed by atoms with van der Waals surface area (Å²) in [5.74, 6) is -0.531. The van der Waals surface area contributed by atoms with Crippen molar-refractivity contribution in [3.05, 3.63) is 41.6 Å². The first-order chi connectivity index (χ1) is 15.9. The highest BCUT2D eigenvalue weighted by Gasteiger charge is 2.37. The standard InChI is InChI=1S/C22H28F3N5O3S/c1-14-12-26-21(29-20(14)30(2)3)28-16-10-8-15(9-11-16)27-19(31)13-34(32,33)18-7-5-4-6-17(18)22(23,24)25/h4-7,12,15-16H,8-11,13H2,1-3H3,(H,27,31)(H,26,28,29). The molecular formula is C22H28F3N5O3S. The van der Waals surface area contributed by atoms with Crippen LogP contribution >= 0.6 is 0 Å². The number of alkyl halides is 3. The van der Waals surface area contributed by atoms with Crippen molar-refractivity contribution in [2.45, 2.75) is 55.8 Å². The fourth-order valence-electron chi connectivity index (χ4n) is 4.01. The third kappa shape index (κ3) is 6.37. The minimum absolute atomic E-state index is 0.0910. The number of halogens is 3. The lowest BCUT2D eigenvalue weighted by Gasteiger charge is -2.30. The van der Waals surface area contributed by atoms with E-state index in [1.54, 1.807) is 6.20 Å². The third-order valence-corrected chi connectivity index (χ3v) is 7.31. The van der Waals surface area contributed by atoms with E-state index >= 15 is 0 Å². The molecule has 1 fully saturated rings. The van der Waals surface area contributed by atoms with E-state index in [9.17, 15) is 26.4 Å². The first-order valence-electron chi connectivity index (χ1n) is 10.8. The van der Waals surface area contributed by atoms with E-state index in [0.717, 1.165) is 23.5 Å². The monoisotopic (exact) mass is 499 g/mol. The highest BCUT2D eigenvalue weighted by atomic mass is 32.2. The van der Waals surface area contributed by atoms with Crippen molar-refractivity contribution in [1.29, 1.82) is 0 Å². The summed E-state index contributed by atoms with van der Waals surface area (Å²) < 4.78 is 64.6. The molecule has 0 radical (unpaired) electrons. The van der Waals surface area contributed by atoms with Crippen LogP contribution in [0.1, 0.15) is 36.8 Å². The van der Waals surface area contributed by atoms with Crippen molar-refractivity contribution < 1.29 is 26.4 Å². The number of benzene rings is 1. The molecule has 1 saturated carbocycles. The Labute approximate surface area is 196 Å². The molecule has 0 unspecified atom stereocenters. The number of nitrogens with zero attached hydrogens (tertiary/aromatic N) is 3. The van der Waals surface area contributed by atoms with Crippen LogP contribution in [-0.2, 0) is 20.8 Å². The Morgan fingerprint density at radius 2 is 1.74 bits per heavy atom. The summed E-state index contributed by atoms with van der Waals surface area (Å²) in [5, 5.41) is 5.95. The zero-order chi connectivity index (χ0) is 25.1. The molecule has 12 heteroatoms. The second kappa shape index (κ2) is 10.2. The van der Waals surface area contributed by atoms with Crippen molar-refractivity contribution in [3.8, 4) is 0 Å². The maximum Gasteiger partial charge on any atom is 0.417 e. The molecule has 0 saturated heterocycles. The maximum atomic E-state index is 13.2. The van der Waals surface area contributed by atoms with Gasteiger partial charge in [-0.1, -0.05) is 12.1 Å². The number of carbonyl (C=O) groups is 1. The number of rotatable bonds is 7. The molecule has 1 aliphatic rings. The molecule has 0 spiro atoms. The normalized spacial score (nSPS) is 18.9. The van der Waals surface area contributed by atoms with Crippen molar-refractivity contribution in [1.82, 2.24) is 15.3 Å². The highest BCUT2D eigenvalue weighted by molar-refractivity contribution is 7.92. The van der Waals surface area contributed by atoms with Gasteiger partial charge in [0.2, 0.25) is 11.9 Å². The van der Waals surface area contributed by atoms with Crippen LogP contribution in [0.5, 0.6) is 0 Å². The molecular weight excluding hydrogens is 471 g/mol. The highest BCUT2D eigenvalue weighted by Crippen LogP contribution is 2.34. The summed E-state index contributed by atoms with van der Waals surface area (Å²) in [6, 6.07) is 3.71. The Bertz CT molecular complexity index is 1130. The predicted octanol–water partition coefficient (Wildman–Crippen LogP) is 3.18. The van der Waals surface area contributed by atoms with Gasteiger partial charge in [-0.15, -0.1) is 0 Å². The number of aromatic nitrogens is 2. The van der Waals surface area contributed by atoms with Crippen molar-refractivity contribution in [2.75, 3.05) is 30.1 Å². The molecule has 0 atom stereocenters. The molecule has 8 nitrogen and oxygen atoms in total. The zero-order valence-electron chi connectivity index (χ0n) is 19.2. The number of sulfone groups is 1. The fourth-order valence-corrected chi connectivity index (χ4v) is 5.40. The van der Waals surface area contributed by atoms with Crippen LogP contribution in [0.3, 0.4) is 0 Å². The summed E-state index contributed by atoms with van der Waals surface area (Å²) in [6.45, 7) is 1.93. The maximum absolute atomic E-state index is 13.2. The lowest BCUT2D eigenvalue weighted by Crippen LogP contribution is -2.42. The molecule has 0 aliphatic heterocycles. The SMILES string of the molecule is Cc1cnc(NC2CCC(NC(=O)CS(=O)(=O)c3ccccc3C(F)(F)F)CC2)nc1N(C)C. The Morgan fingerprint density at radius 3 is 2.35 bits per heavy atom. The van der Waals surface area contributed by atoms with Crippen molar-refractivity contribution in [2.24, 2.45) is 0 Å². The van der Waals surface area contributed by atoms with Gasteiger partial charge in [0.15, 0.2) is 9.84 Å². The summed E-state index contributed by atoms with van der Waals surface area (Å²) in [4.78, 5) is 22.2. The largest absolute Gasteiger partial charge is 0.417 e. The van der Waals surface area contributed by atoms with Gasteiger partial charge in [0.05, 0.1) is 10.5 Å². The number of carbonyl (C=O) groups excluding carboxylic acids is 1. The average molecular weight is 500 g/mol. The van der Waals surface area contributed by atoms with Crippen LogP contribution < -0.4 is 15.5 Å². The Balaban J connectivity index is 1.55. The van der Waals surface area contributed by atoms with Gasteiger partial charge in [-0.25, -0.2) is 13.4 Å². The number of hydrogen-bond donors (Lipinski definition) is 2. The van der Waals surface area contributed by atoms with E-state index in [4.69, 9.17) is 0 Å². The van der Waals surface area contributed by atoms with E-state index in [1.807, 2.05) is 25.9 Å². The molecule has 1 aromatic carbocycles. The smallest absolute Gasteiger partial charge is 0.362 e. The number of hydrogen-bond acceptors (Lipinski definition) is 7. The summed E-state index contributed by atoms with van der Waals surface area (Å²) in [5.41, 5.74) is -0.320. The number of anilines is 2. The van der Waals surface area contributed by atoms with E-state index in [0.29, 0.717) is 37.7 Å². The molecule has 1 aliphatic carbocycles. The summed E-state index contributed by atoms with van der Waals surface area (Å²) >= 11 is 0. The molecule has 1 amide bonds. The van der Waals surface area contributed by atoms with Gasteiger partial charge in [0, 0.05) is 37.9 Å². The molecule has 34 heavy (non-hydrogen) atoms. The second-order valence-electron chi connectivity index (χ2n) is 8.61. The topological polar surface area (TPSA) is 104 Å². The van der Waals surface area contributed by atoms with Crippen LogP contribution in [0.2, 0.25) is 0 Å². The second-order valence-corrected chi connectivity index (χ2v) is 10.6. The minimum atomic E-state index is -4.83. The summed E-state index contributed by atoms with van der Waals surface area (Å²) in [6.07, 6.45) is -0.510. The minimum Gasteiger partial charge on any atom is -0.362 e. The average Bonchev–Trinajstić information content (AvgIpc) is 2.75.